The average Bonchev–Trinajstić information content (AvgIpc) is 2.64. The first kappa shape index (κ1) is 23.9. The Balaban J connectivity index is 0.00000392. The van der Waals surface area contributed by atoms with Crippen LogP contribution in [0.4, 0.5) is 5.69 Å². The highest BCUT2D eigenvalue weighted by molar-refractivity contribution is 7.89. The normalized spacial score (nSPS) is 12.3. The Morgan fingerprint density at radius 2 is 1.57 bits per heavy atom. The van der Waals surface area contributed by atoms with Crippen LogP contribution in [0.1, 0.15) is 37.9 Å². The molecule has 0 aromatic heterocycles. The molecule has 28 heavy (non-hydrogen) atoms. The summed E-state index contributed by atoms with van der Waals surface area (Å²) in [5.74, 6) is -0.105. The van der Waals surface area contributed by atoms with Crippen LogP contribution in [0.3, 0.4) is 0 Å². The van der Waals surface area contributed by atoms with Crippen LogP contribution in [0.25, 0.3) is 0 Å². The Labute approximate surface area is 173 Å². The Hall–Kier alpha value is -2.09. The molecule has 2 rings (SSSR count). The SMILES string of the molecule is CCN(CC)S(=O)(=O)c1ccc(C(C)NC(=O)Cc2ccc(N)cc2)cc1.Cl. The Morgan fingerprint density at radius 1 is 1.04 bits per heavy atom. The number of nitrogens with one attached hydrogen (secondary N) is 1. The zero-order valence-electron chi connectivity index (χ0n) is 16.4. The van der Waals surface area contributed by atoms with Crippen molar-refractivity contribution in [3.8, 4) is 0 Å². The molecule has 0 aliphatic carbocycles. The topological polar surface area (TPSA) is 92.5 Å². The van der Waals surface area contributed by atoms with Crippen LogP contribution in [0.5, 0.6) is 0 Å². The first-order chi connectivity index (χ1) is 12.8. The highest BCUT2D eigenvalue weighted by Gasteiger charge is 2.21. The van der Waals surface area contributed by atoms with Gasteiger partial charge in [0.05, 0.1) is 17.4 Å². The summed E-state index contributed by atoms with van der Waals surface area (Å²) in [5, 5.41) is 2.93. The second-order valence-corrected chi connectivity index (χ2v) is 8.30. The number of nitrogens with zero attached hydrogens (tertiary/aromatic N) is 1. The van der Waals surface area contributed by atoms with Crippen molar-refractivity contribution >= 4 is 34.0 Å². The molecule has 0 aliphatic rings. The van der Waals surface area contributed by atoms with Gasteiger partial charge in [-0.05, 0) is 42.3 Å². The minimum Gasteiger partial charge on any atom is -0.399 e. The first-order valence-corrected chi connectivity index (χ1v) is 10.5. The van der Waals surface area contributed by atoms with E-state index in [2.05, 4.69) is 5.32 Å². The zero-order chi connectivity index (χ0) is 20.0. The van der Waals surface area contributed by atoms with E-state index >= 15 is 0 Å². The molecule has 8 heteroatoms. The predicted octanol–water partition coefficient (Wildman–Crippen LogP) is 3.14. The van der Waals surface area contributed by atoms with E-state index in [4.69, 9.17) is 5.73 Å². The molecule has 3 N–H and O–H groups in total. The number of amides is 1. The molecule has 1 unspecified atom stereocenters. The van der Waals surface area contributed by atoms with Crippen LogP contribution in [0.2, 0.25) is 0 Å². The van der Waals surface area contributed by atoms with Crippen LogP contribution in [0, 0.1) is 0 Å². The van der Waals surface area contributed by atoms with Gasteiger partial charge in [-0.3, -0.25) is 4.79 Å². The lowest BCUT2D eigenvalue weighted by Gasteiger charge is -2.19. The van der Waals surface area contributed by atoms with Gasteiger partial charge in [0.2, 0.25) is 15.9 Å². The first-order valence-electron chi connectivity index (χ1n) is 9.01. The molecule has 0 saturated carbocycles. The average molecular weight is 426 g/mol. The number of carbonyl (C=O) groups is 1. The van der Waals surface area contributed by atoms with Crippen molar-refractivity contribution in [2.24, 2.45) is 0 Å². The van der Waals surface area contributed by atoms with E-state index in [0.29, 0.717) is 18.8 Å². The molecule has 0 spiro atoms. The molecule has 0 saturated heterocycles. The van der Waals surface area contributed by atoms with Gasteiger partial charge < -0.3 is 11.1 Å². The maximum absolute atomic E-state index is 12.5. The van der Waals surface area contributed by atoms with Crippen molar-refractivity contribution in [1.82, 2.24) is 9.62 Å². The van der Waals surface area contributed by atoms with Crippen molar-refractivity contribution in [1.29, 1.82) is 0 Å². The van der Waals surface area contributed by atoms with Crippen LogP contribution < -0.4 is 11.1 Å². The number of nitrogen functional groups attached to an aromatic ring is 1. The molecule has 0 radical (unpaired) electrons. The van der Waals surface area contributed by atoms with E-state index in [9.17, 15) is 13.2 Å². The molecule has 154 valence electrons. The van der Waals surface area contributed by atoms with Crippen LogP contribution in [-0.4, -0.2) is 31.7 Å². The number of rotatable bonds is 8. The number of benzene rings is 2. The molecule has 1 amide bonds. The second kappa shape index (κ2) is 10.5. The maximum atomic E-state index is 12.5. The quantitative estimate of drug-likeness (QED) is 0.635. The number of hydrogen-bond donors (Lipinski definition) is 2. The van der Waals surface area contributed by atoms with Gasteiger partial charge in [-0.15, -0.1) is 12.4 Å². The van der Waals surface area contributed by atoms with E-state index < -0.39 is 10.0 Å². The summed E-state index contributed by atoms with van der Waals surface area (Å²) >= 11 is 0. The number of anilines is 1. The Morgan fingerprint density at radius 3 is 2.07 bits per heavy atom. The number of carbonyl (C=O) groups excluding carboxylic acids is 1. The van der Waals surface area contributed by atoms with E-state index in [1.807, 2.05) is 32.9 Å². The summed E-state index contributed by atoms with van der Waals surface area (Å²) in [6.45, 7) is 6.35. The van der Waals surface area contributed by atoms with Crippen molar-refractivity contribution in [2.45, 2.75) is 38.1 Å². The minimum atomic E-state index is -3.48. The third-order valence-electron chi connectivity index (χ3n) is 4.45. The zero-order valence-corrected chi connectivity index (χ0v) is 18.0. The highest BCUT2D eigenvalue weighted by atomic mass is 35.5. The summed E-state index contributed by atoms with van der Waals surface area (Å²) in [6.07, 6.45) is 0.263. The van der Waals surface area contributed by atoms with Gasteiger partial charge in [0.1, 0.15) is 0 Å². The lowest BCUT2D eigenvalue weighted by Crippen LogP contribution is -2.30. The molecule has 1 atom stereocenters. The van der Waals surface area contributed by atoms with E-state index in [1.165, 1.54) is 4.31 Å². The van der Waals surface area contributed by atoms with Crippen molar-refractivity contribution in [3.63, 3.8) is 0 Å². The van der Waals surface area contributed by atoms with Gasteiger partial charge in [0.25, 0.3) is 0 Å². The summed E-state index contributed by atoms with van der Waals surface area (Å²) < 4.78 is 26.5. The standard InChI is InChI=1S/C20H27N3O3S.ClH/c1-4-23(5-2)27(25,26)19-12-8-17(9-13-19)15(3)22-20(24)14-16-6-10-18(21)11-7-16;/h6-13,15H,4-5,14,21H2,1-3H3,(H,22,24);1H. The van der Waals surface area contributed by atoms with E-state index in [0.717, 1.165) is 11.1 Å². The third-order valence-corrected chi connectivity index (χ3v) is 6.51. The molecule has 0 heterocycles. The summed E-state index contributed by atoms with van der Waals surface area (Å²) in [4.78, 5) is 12.5. The fourth-order valence-electron chi connectivity index (χ4n) is 2.84. The molecule has 2 aromatic rings. The van der Waals surface area contributed by atoms with Gasteiger partial charge in [-0.2, -0.15) is 4.31 Å². The van der Waals surface area contributed by atoms with E-state index in [1.54, 1.807) is 36.4 Å². The van der Waals surface area contributed by atoms with Crippen LogP contribution in [0.15, 0.2) is 53.4 Å². The molecule has 0 bridgehead atoms. The van der Waals surface area contributed by atoms with Gasteiger partial charge in [-0.1, -0.05) is 38.1 Å². The minimum absolute atomic E-state index is 0. The summed E-state index contributed by atoms with van der Waals surface area (Å²) in [7, 11) is -3.48. The predicted molar refractivity (Wildman–Crippen MR) is 115 cm³/mol. The lowest BCUT2D eigenvalue weighted by molar-refractivity contribution is -0.121. The smallest absolute Gasteiger partial charge is 0.243 e. The number of hydrogen-bond acceptors (Lipinski definition) is 4. The maximum Gasteiger partial charge on any atom is 0.243 e. The lowest BCUT2D eigenvalue weighted by atomic mass is 10.1. The van der Waals surface area contributed by atoms with E-state index in [-0.39, 0.29) is 35.7 Å². The van der Waals surface area contributed by atoms with Crippen LogP contribution in [-0.2, 0) is 21.2 Å². The Kier molecular flexibility index (Phi) is 8.94. The molecular weight excluding hydrogens is 398 g/mol. The number of nitrogens with two attached hydrogens (primary N) is 1. The fourth-order valence-corrected chi connectivity index (χ4v) is 4.30. The van der Waals surface area contributed by atoms with Gasteiger partial charge in [-0.25, -0.2) is 8.42 Å². The summed E-state index contributed by atoms with van der Waals surface area (Å²) in [5.41, 5.74) is 8.04. The Bertz CT molecular complexity index is 865. The van der Waals surface area contributed by atoms with Crippen molar-refractivity contribution in [3.05, 3.63) is 59.7 Å². The molecule has 2 aromatic carbocycles. The largest absolute Gasteiger partial charge is 0.399 e. The van der Waals surface area contributed by atoms with Crippen molar-refractivity contribution in [2.75, 3.05) is 18.8 Å². The van der Waals surface area contributed by atoms with Crippen LogP contribution >= 0.6 is 12.4 Å². The van der Waals surface area contributed by atoms with Crippen molar-refractivity contribution < 1.29 is 13.2 Å². The van der Waals surface area contributed by atoms with Gasteiger partial charge in [0, 0.05) is 18.8 Å². The summed E-state index contributed by atoms with van der Waals surface area (Å²) in [6, 6.07) is 13.6. The van der Waals surface area contributed by atoms with Gasteiger partial charge >= 0.3 is 0 Å². The fraction of sp³-hybridized carbons (Fsp3) is 0.350. The third kappa shape index (κ3) is 5.95. The monoisotopic (exact) mass is 425 g/mol. The molecule has 6 nitrogen and oxygen atoms in total. The molecule has 0 aliphatic heterocycles. The molecular formula is C20H28ClN3O3S. The highest BCUT2D eigenvalue weighted by Crippen LogP contribution is 2.19. The number of sulfonamides is 1. The number of halogens is 1. The second-order valence-electron chi connectivity index (χ2n) is 6.37. The molecule has 0 fully saturated rings. The van der Waals surface area contributed by atoms with Gasteiger partial charge in [0.15, 0.2) is 0 Å².